The van der Waals surface area contributed by atoms with Crippen LogP contribution in [0.1, 0.15) is 6.92 Å². The Morgan fingerprint density at radius 1 is 1.78 bits per heavy atom. The van der Waals surface area contributed by atoms with E-state index in [0.29, 0.717) is 12.6 Å². The first-order valence-corrected chi connectivity index (χ1v) is 3.16. The average molecular weight is 124 g/mol. The number of rotatable bonds is 1. The first kappa shape index (κ1) is 6.36. The van der Waals surface area contributed by atoms with Gasteiger partial charge in [0.2, 0.25) is 0 Å². The van der Waals surface area contributed by atoms with Crippen molar-refractivity contribution in [2.24, 2.45) is 5.73 Å². The average Bonchev–Trinajstić information content (AvgIpc) is 1.88. The Morgan fingerprint density at radius 3 is 3.00 bits per heavy atom. The van der Waals surface area contributed by atoms with Crippen LogP contribution >= 0.6 is 0 Å². The number of hydrogen-bond acceptors (Lipinski definition) is 2. The molecule has 0 aromatic rings. The molecule has 0 aromatic heterocycles. The minimum atomic E-state index is 0.438. The lowest BCUT2D eigenvalue weighted by Gasteiger charge is -2.12. The lowest BCUT2D eigenvalue weighted by atomic mass is 10.1. The summed E-state index contributed by atoms with van der Waals surface area (Å²) in [7, 11) is 0. The molecule has 1 aliphatic rings. The molecule has 1 atom stereocenters. The lowest BCUT2D eigenvalue weighted by molar-refractivity contribution is 0.750. The van der Waals surface area contributed by atoms with Crippen LogP contribution in [0.2, 0.25) is 0 Å². The molecule has 0 saturated carbocycles. The maximum atomic E-state index is 5.42. The van der Waals surface area contributed by atoms with E-state index in [0.717, 1.165) is 0 Å². The van der Waals surface area contributed by atoms with Gasteiger partial charge >= 0.3 is 0 Å². The number of hydrogen-bond donors (Lipinski definition) is 2. The summed E-state index contributed by atoms with van der Waals surface area (Å²) in [6.07, 6.45) is 6.06. The van der Waals surface area contributed by atoms with Crippen molar-refractivity contribution in [3.63, 3.8) is 0 Å². The minimum Gasteiger partial charge on any atom is -0.385 e. The van der Waals surface area contributed by atoms with E-state index in [9.17, 15) is 0 Å². The quantitative estimate of drug-likeness (QED) is 0.530. The summed E-state index contributed by atoms with van der Waals surface area (Å²) in [5.74, 6) is 0. The summed E-state index contributed by atoms with van der Waals surface area (Å²) in [6, 6.07) is 0.438. The highest BCUT2D eigenvalue weighted by Gasteiger charge is 1.99. The minimum absolute atomic E-state index is 0.438. The molecule has 0 amide bonds. The molecule has 1 aliphatic heterocycles. The van der Waals surface area contributed by atoms with Crippen molar-refractivity contribution in [3.05, 3.63) is 23.9 Å². The summed E-state index contributed by atoms with van der Waals surface area (Å²) < 4.78 is 0. The zero-order valence-electron chi connectivity index (χ0n) is 5.59. The van der Waals surface area contributed by atoms with Gasteiger partial charge in [-0.25, -0.2) is 0 Å². The fourth-order valence-electron chi connectivity index (χ4n) is 0.868. The van der Waals surface area contributed by atoms with E-state index in [-0.39, 0.29) is 0 Å². The van der Waals surface area contributed by atoms with Gasteiger partial charge in [-0.05, 0) is 24.8 Å². The molecule has 2 heteroatoms. The second-order valence-corrected chi connectivity index (χ2v) is 2.23. The molecule has 9 heavy (non-hydrogen) atoms. The molecular weight excluding hydrogens is 112 g/mol. The number of dihydropyridines is 1. The fraction of sp³-hybridized carbons (Fsp3) is 0.429. The van der Waals surface area contributed by atoms with E-state index >= 15 is 0 Å². The highest BCUT2D eigenvalue weighted by Crippen LogP contribution is 2.01. The molecule has 0 radical (unpaired) electrons. The third-order valence-electron chi connectivity index (χ3n) is 1.36. The van der Waals surface area contributed by atoms with Crippen LogP contribution in [0.25, 0.3) is 0 Å². The van der Waals surface area contributed by atoms with Gasteiger partial charge in [0.1, 0.15) is 0 Å². The van der Waals surface area contributed by atoms with Gasteiger partial charge in [-0.3, -0.25) is 0 Å². The van der Waals surface area contributed by atoms with Crippen molar-refractivity contribution in [2.45, 2.75) is 13.0 Å². The van der Waals surface area contributed by atoms with Crippen molar-refractivity contribution in [1.82, 2.24) is 5.32 Å². The summed E-state index contributed by atoms with van der Waals surface area (Å²) in [6.45, 7) is 2.74. The van der Waals surface area contributed by atoms with Crippen molar-refractivity contribution in [2.75, 3.05) is 6.54 Å². The Labute approximate surface area is 55.4 Å². The van der Waals surface area contributed by atoms with Crippen LogP contribution in [-0.2, 0) is 0 Å². The van der Waals surface area contributed by atoms with E-state index < -0.39 is 0 Å². The molecule has 0 aliphatic carbocycles. The summed E-state index contributed by atoms with van der Waals surface area (Å²) in [5, 5.41) is 3.13. The summed E-state index contributed by atoms with van der Waals surface area (Å²) in [4.78, 5) is 0. The largest absolute Gasteiger partial charge is 0.385 e. The molecule has 0 saturated heterocycles. The van der Waals surface area contributed by atoms with E-state index in [4.69, 9.17) is 5.73 Å². The highest BCUT2D eigenvalue weighted by atomic mass is 14.9. The number of nitrogens with one attached hydrogen (secondary N) is 1. The first-order chi connectivity index (χ1) is 4.33. The smallest absolute Gasteiger partial charge is 0.0416 e. The summed E-state index contributed by atoms with van der Waals surface area (Å²) in [5.41, 5.74) is 6.63. The normalized spacial score (nSPS) is 25.1. The molecular formula is C7H12N2. The van der Waals surface area contributed by atoms with Crippen LogP contribution in [-0.4, -0.2) is 12.6 Å². The van der Waals surface area contributed by atoms with Crippen molar-refractivity contribution in [3.8, 4) is 0 Å². The van der Waals surface area contributed by atoms with Crippen molar-refractivity contribution < 1.29 is 0 Å². The second kappa shape index (κ2) is 2.69. The molecule has 2 nitrogen and oxygen atoms in total. The monoisotopic (exact) mass is 124 g/mol. The third-order valence-corrected chi connectivity index (χ3v) is 1.36. The van der Waals surface area contributed by atoms with Gasteiger partial charge < -0.3 is 11.1 Å². The Hall–Kier alpha value is -0.760. The Balaban J connectivity index is 2.59. The van der Waals surface area contributed by atoms with Gasteiger partial charge in [-0.1, -0.05) is 6.08 Å². The van der Waals surface area contributed by atoms with E-state index in [1.807, 2.05) is 12.3 Å². The second-order valence-electron chi connectivity index (χ2n) is 2.23. The van der Waals surface area contributed by atoms with Gasteiger partial charge in [0.15, 0.2) is 0 Å². The van der Waals surface area contributed by atoms with Crippen LogP contribution < -0.4 is 11.1 Å². The maximum absolute atomic E-state index is 5.42. The predicted molar refractivity (Wildman–Crippen MR) is 38.9 cm³/mol. The van der Waals surface area contributed by atoms with E-state index in [2.05, 4.69) is 18.3 Å². The lowest BCUT2D eigenvalue weighted by Crippen LogP contribution is -2.22. The van der Waals surface area contributed by atoms with E-state index in [1.54, 1.807) is 0 Å². The van der Waals surface area contributed by atoms with Gasteiger partial charge in [-0.2, -0.15) is 0 Å². The first-order valence-electron chi connectivity index (χ1n) is 3.16. The standard InChI is InChI=1S/C7H12N2/c1-6-4-7(5-8)2-3-9-6/h2-4,6,9H,5,8H2,1H3. The Kier molecular flexibility index (Phi) is 1.90. The number of nitrogens with two attached hydrogens (primary N) is 1. The highest BCUT2D eigenvalue weighted by molar-refractivity contribution is 5.24. The van der Waals surface area contributed by atoms with Crippen LogP contribution in [0.5, 0.6) is 0 Å². The van der Waals surface area contributed by atoms with Gasteiger partial charge in [0.25, 0.3) is 0 Å². The summed E-state index contributed by atoms with van der Waals surface area (Å²) >= 11 is 0. The Morgan fingerprint density at radius 2 is 2.56 bits per heavy atom. The molecule has 0 spiro atoms. The Bertz CT molecular complexity index is 147. The van der Waals surface area contributed by atoms with Gasteiger partial charge in [0.05, 0.1) is 0 Å². The molecule has 0 fully saturated rings. The molecule has 0 bridgehead atoms. The maximum Gasteiger partial charge on any atom is 0.0416 e. The molecule has 1 rings (SSSR count). The molecule has 1 unspecified atom stereocenters. The topological polar surface area (TPSA) is 38.0 Å². The van der Waals surface area contributed by atoms with Crippen LogP contribution in [0.3, 0.4) is 0 Å². The predicted octanol–water partition coefficient (Wildman–Crippen LogP) is 0.377. The van der Waals surface area contributed by atoms with Gasteiger partial charge in [-0.15, -0.1) is 0 Å². The van der Waals surface area contributed by atoms with Crippen LogP contribution in [0, 0.1) is 0 Å². The molecule has 50 valence electrons. The van der Waals surface area contributed by atoms with Gasteiger partial charge in [0, 0.05) is 12.6 Å². The molecule has 1 heterocycles. The van der Waals surface area contributed by atoms with E-state index in [1.165, 1.54) is 5.57 Å². The fourth-order valence-corrected chi connectivity index (χ4v) is 0.868. The molecule has 0 aromatic carbocycles. The zero-order valence-corrected chi connectivity index (χ0v) is 5.59. The molecule has 3 N–H and O–H groups in total. The van der Waals surface area contributed by atoms with Crippen molar-refractivity contribution >= 4 is 0 Å². The zero-order chi connectivity index (χ0) is 6.69. The van der Waals surface area contributed by atoms with Crippen LogP contribution in [0.15, 0.2) is 23.9 Å². The third kappa shape index (κ3) is 1.57. The SMILES string of the molecule is CC1C=C(CN)C=CN1. The van der Waals surface area contributed by atoms with Crippen LogP contribution in [0.4, 0.5) is 0 Å². The van der Waals surface area contributed by atoms with Crippen molar-refractivity contribution in [1.29, 1.82) is 0 Å².